The van der Waals surface area contributed by atoms with E-state index in [2.05, 4.69) is 10.0 Å². The van der Waals surface area contributed by atoms with Gasteiger partial charge in [0.05, 0.1) is 12.2 Å². The summed E-state index contributed by atoms with van der Waals surface area (Å²) in [4.78, 5) is 28.0. The Morgan fingerprint density at radius 3 is 2.52 bits per heavy atom. The lowest BCUT2D eigenvalue weighted by Crippen LogP contribution is -2.46. The highest BCUT2D eigenvalue weighted by Gasteiger charge is 2.33. The van der Waals surface area contributed by atoms with E-state index in [1.807, 2.05) is 29.6 Å². The predicted octanol–water partition coefficient (Wildman–Crippen LogP) is 2.43. The zero-order valence-corrected chi connectivity index (χ0v) is 19.5. The molecule has 0 radical (unpaired) electrons. The van der Waals surface area contributed by atoms with Crippen molar-refractivity contribution < 1.29 is 18.0 Å². The van der Waals surface area contributed by atoms with Crippen molar-refractivity contribution in [3.8, 4) is 0 Å². The SMILES string of the molecule is CC(C)NS(=O)(=O)Cc1ccc(CNC(=O)C2CCCN2C(=O)Cc2cccs2)cc1. The molecule has 2 N–H and O–H groups in total. The van der Waals surface area contributed by atoms with Gasteiger partial charge in [-0.2, -0.15) is 0 Å². The lowest BCUT2D eigenvalue weighted by molar-refractivity contribution is -0.138. The van der Waals surface area contributed by atoms with E-state index in [1.165, 1.54) is 0 Å². The van der Waals surface area contributed by atoms with Crippen LogP contribution in [0.5, 0.6) is 0 Å². The molecule has 2 aromatic rings. The van der Waals surface area contributed by atoms with Gasteiger partial charge in [-0.15, -0.1) is 11.3 Å². The van der Waals surface area contributed by atoms with Gasteiger partial charge in [-0.25, -0.2) is 13.1 Å². The largest absolute Gasteiger partial charge is 0.350 e. The number of carbonyl (C=O) groups is 2. The number of sulfonamides is 1. The molecular weight excluding hydrogens is 434 g/mol. The van der Waals surface area contributed by atoms with Crippen molar-refractivity contribution >= 4 is 33.2 Å². The molecule has 1 atom stereocenters. The van der Waals surface area contributed by atoms with Crippen LogP contribution in [0.3, 0.4) is 0 Å². The molecule has 2 amide bonds. The third-order valence-corrected chi connectivity index (χ3v) is 7.46. The first-order valence-corrected chi connectivity index (χ1v) is 12.9. The molecule has 1 aliphatic rings. The van der Waals surface area contributed by atoms with Crippen molar-refractivity contribution in [1.82, 2.24) is 14.9 Å². The second kappa shape index (κ2) is 10.4. The first-order valence-electron chi connectivity index (χ1n) is 10.4. The summed E-state index contributed by atoms with van der Waals surface area (Å²) in [7, 11) is -3.37. The fraction of sp³-hybridized carbons (Fsp3) is 0.455. The van der Waals surface area contributed by atoms with E-state index in [-0.39, 0.29) is 23.6 Å². The van der Waals surface area contributed by atoms with Crippen LogP contribution in [0.25, 0.3) is 0 Å². The number of carbonyl (C=O) groups excluding carboxylic acids is 2. The summed E-state index contributed by atoms with van der Waals surface area (Å²) < 4.78 is 26.7. The number of nitrogens with one attached hydrogen (secondary N) is 2. The van der Waals surface area contributed by atoms with Crippen molar-refractivity contribution in [3.05, 3.63) is 57.8 Å². The summed E-state index contributed by atoms with van der Waals surface area (Å²) >= 11 is 1.54. The van der Waals surface area contributed by atoms with E-state index in [9.17, 15) is 18.0 Å². The highest BCUT2D eigenvalue weighted by atomic mass is 32.2. The van der Waals surface area contributed by atoms with Crippen molar-refractivity contribution in [2.75, 3.05) is 6.54 Å². The summed E-state index contributed by atoms with van der Waals surface area (Å²) in [5, 5.41) is 4.86. The van der Waals surface area contributed by atoms with Gasteiger partial charge in [0.15, 0.2) is 0 Å². The summed E-state index contributed by atoms with van der Waals surface area (Å²) in [5.41, 5.74) is 1.56. The molecule has 1 saturated heterocycles. The van der Waals surface area contributed by atoms with Crippen molar-refractivity contribution in [2.24, 2.45) is 0 Å². The number of hydrogen-bond acceptors (Lipinski definition) is 5. The van der Waals surface area contributed by atoms with Gasteiger partial charge in [0.25, 0.3) is 0 Å². The van der Waals surface area contributed by atoms with Crippen LogP contribution in [0.1, 0.15) is 42.7 Å². The number of thiophene rings is 1. The predicted molar refractivity (Wildman–Crippen MR) is 122 cm³/mol. The lowest BCUT2D eigenvalue weighted by Gasteiger charge is -2.24. The van der Waals surface area contributed by atoms with Crippen LogP contribution >= 0.6 is 11.3 Å². The fourth-order valence-corrected chi connectivity index (χ4v) is 5.81. The van der Waals surface area contributed by atoms with Crippen LogP contribution in [0.4, 0.5) is 0 Å². The molecule has 1 unspecified atom stereocenters. The molecule has 7 nitrogen and oxygen atoms in total. The molecular formula is C22H29N3O4S2. The smallest absolute Gasteiger partial charge is 0.243 e. The van der Waals surface area contributed by atoms with Gasteiger partial charge in [0.2, 0.25) is 21.8 Å². The van der Waals surface area contributed by atoms with Gasteiger partial charge >= 0.3 is 0 Å². The van der Waals surface area contributed by atoms with Gasteiger partial charge in [0, 0.05) is 24.0 Å². The summed E-state index contributed by atoms with van der Waals surface area (Å²) in [6.07, 6.45) is 1.82. The van der Waals surface area contributed by atoms with Crippen LogP contribution in [0.15, 0.2) is 41.8 Å². The zero-order chi connectivity index (χ0) is 22.4. The topological polar surface area (TPSA) is 95.6 Å². The molecule has 31 heavy (non-hydrogen) atoms. The molecule has 0 bridgehead atoms. The third-order valence-electron chi connectivity index (χ3n) is 5.04. The Bertz CT molecular complexity index is 986. The third kappa shape index (κ3) is 6.88. The highest BCUT2D eigenvalue weighted by molar-refractivity contribution is 7.88. The Balaban J connectivity index is 1.52. The minimum atomic E-state index is -3.37. The molecule has 0 spiro atoms. The Labute approximate surface area is 187 Å². The molecule has 2 heterocycles. The van der Waals surface area contributed by atoms with E-state index < -0.39 is 16.1 Å². The summed E-state index contributed by atoms with van der Waals surface area (Å²) in [6, 6.07) is 10.4. The number of amides is 2. The average Bonchev–Trinajstić information content (AvgIpc) is 3.37. The van der Waals surface area contributed by atoms with Gasteiger partial charge in [-0.1, -0.05) is 30.3 Å². The van der Waals surface area contributed by atoms with Crippen molar-refractivity contribution in [2.45, 2.75) is 57.5 Å². The molecule has 3 rings (SSSR count). The van der Waals surface area contributed by atoms with Crippen LogP contribution < -0.4 is 10.0 Å². The van der Waals surface area contributed by atoms with Gasteiger partial charge < -0.3 is 10.2 Å². The Hall–Kier alpha value is -2.23. The maximum Gasteiger partial charge on any atom is 0.243 e. The Kier molecular flexibility index (Phi) is 7.85. The normalized spacial score (nSPS) is 16.6. The van der Waals surface area contributed by atoms with Gasteiger partial charge in [-0.05, 0) is 49.3 Å². The molecule has 1 aromatic heterocycles. The maximum atomic E-state index is 12.7. The lowest BCUT2D eigenvalue weighted by atomic mass is 10.1. The molecule has 1 fully saturated rings. The van der Waals surface area contributed by atoms with E-state index in [0.29, 0.717) is 31.5 Å². The van der Waals surface area contributed by atoms with Crippen LogP contribution in [0.2, 0.25) is 0 Å². The van der Waals surface area contributed by atoms with Crippen molar-refractivity contribution in [3.63, 3.8) is 0 Å². The van der Waals surface area contributed by atoms with Gasteiger partial charge in [-0.3, -0.25) is 9.59 Å². The Morgan fingerprint density at radius 1 is 1.16 bits per heavy atom. The van der Waals surface area contributed by atoms with E-state index >= 15 is 0 Å². The summed E-state index contributed by atoms with van der Waals surface area (Å²) in [5.74, 6) is -0.244. The van der Waals surface area contributed by atoms with Gasteiger partial charge in [0.1, 0.15) is 6.04 Å². The first kappa shape index (κ1) is 23.4. The van der Waals surface area contributed by atoms with Crippen molar-refractivity contribution in [1.29, 1.82) is 0 Å². The van der Waals surface area contributed by atoms with Crippen LogP contribution in [-0.4, -0.2) is 43.8 Å². The minimum absolute atomic E-state index is 0.0133. The maximum absolute atomic E-state index is 12.7. The fourth-order valence-electron chi connectivity index (χ4n) is 3.68. The van der Waals surface area contributed by atoms with E-state index in [0.717, 1.165) is 16.9 Å². The minimum Gasteiger partial charge on any atom is -0.350 e. The number of hydrogen-bond donors (Lipinski definition) is 2. The molecule has 9 heteroatoms. The monoisotopic (exact) mass is 463 g/mol. The molecule has 1 aromatic carbocycles. The number of likely N-dealkylation sites (tertiary alicyclic amines) is 1. The number of benzene rings is 1. The van der Waals surface area contributed by atoms with E-state index in [1.54, 1.807) is 42.2 Å². The van der Waals surface area contributed by atoms with Crippen LogP contribution in [0, 0.1) is 0 Å². The molecule has 0 saturated carbocycles. The molecule has 1 aliphatic heterocycles. The van der Waals surface area contributed by atoms with Crippen LogP contribution in [-0.2, 0) is 38.3 Å². The highest BCUT2D eigenvalue weighted by Crippen LogP contribution is 2.20. The quantitative estimate of drug-likeness (QED) is 0.597. The zero-order valence-electron chi connectivity index (χ0n) is 17.8. The Morgan fingerprint density at radius 2 is 1.87 bits per heavy atom. The second-order valence-corrected chi connectivity index (χ2v) is 10.9. The average molecular weight is 464 g/mol. The molecule has 0 aliphatic carbocycles. The number of rotatable bonds is 9. The van der Waals surface area contributed by atoms with E-state index in [4.69, 9.17) is 0 Å². The number of nitrogens with zero attached hydrogens (tertiary/aromatic N) is 1. The first-order chi connectivity index (χ1) is 14.7. The summed E-state index contributed by atoms with van der Waals surface area (Å²) in [6.45, 7) is 4.50. The molecule has 168 valence electrons. The standard InChI is InChI=1S/C22H29N3O4S2/c1-16(2)24-31(28,29)15-18-9-7-17(8-10-18)14-23-22(27)20-6-3-11-25(20)21(26)13-19-5-4-12-30-19/h4-5,7-10,12,16,20,24H,3,6,11,13-15H2,1-2H3,(H,23,27). The second-order valence-electron chi connectivity index (χ2n) is 8.07.